The first-order chi connectivity index (χ1) is 7.86. The van der Waals surface area contributed by atoms with Crippen molar-refractivity contribution in [1.29, 1.82) is 0 Å². The van der Waals surface area contributed by atoms with Gasteiger partial charge in [-0.25, -0.2) is 15.8 Å². The average molecular weight is 302 g/mol. The Labute approximate surface area is 111 Å². The Morgan fingerprint density at radius 3 is 2.47 bits per heavy atom. The van der Waals surface area contributed by atoms with Gasteiger partial charge in [-0.05, 0) is 27.3 Å². The largest absolute Gasteiger partial charge is 0.369 e. The minimum absolute atomic E-state index is 0.265. The summed E-state index contributed by atoms with van der Waals surface area (Å²) in [5.41, 5.74) is 2.78. The zero-order chi connectivity index (χ0) is 13.1. The Kier molecular flexibility index (Phi) is 4.70. The van der Waals surface area contributed by atoms with E-state index in [1.165, 1.54) is 6.33 Å². The molecule has 0 saturated heterocycles. The topological polar surface area (TPSA) is 75.9 Å². The van der Waals surface area contributed by atoms with Gasteiger partial charge in [0.2, 0.25) is 0 Å². The van der Waals surface area contributed by atoms with Crippen molar-refractivity contribution >= 4 is 27.6 Å². The van der Waals surface area contributed by atoms with Crippen LogP contribution in [0, 0.1) is 11.3 Å². The van der Waals surface area contributed by atoms with E-state index in [0.29, 0.717) is 11.7 Å². The molecular formula is C11H20BrN5. The first kappa shape index (κ1) is 14.2. The van der Waals surface area contributed by atoms with Crippen LogP contribution in [0.4, 0.5) is 11.6 Å². The SMILES string of the molecule is CC(CNc1ncnc(NN)c1Br)C(C)(C)C. The van der Waals surface area contributed by atoms with Gasteiger partial charge in [-0.1, -0.05) is 27.7 Å². The van der Waals surface area contributed by atoms with Crippen LogP contribution in [0.3, 0.4) is 0 Å². The van der Waals surface area contributed by atoms with E-state index in [1.807, 2.05) is 0 Å². The van der Waals surface area contributed by atoms with Gasteiger partial charge in [-0.15, -0.1) is 0 Å². The maximum absolute atomic E-state index is 5.35. The molecule has 1 rings (SSSR count). The lowest BCUT2D eigenvalue weighted by Crippen LogP contribution is -2.25. The van der Waals surface area contributed by atoms with Gasteiger partial charge in [0.1, 0.15) is 16.6 Å². The average Bonchev–Trinajstić information content (AvgIpc) is 2.26. The molecule has 1 heterocycles. The van der Waals surface area contributed by atoms with Gasteiger partial charge in [-0.2, -0.15) is 0 Å². The monoisotopic (exact) mass is 301 g/mol. The molecule has 6 heteroatoms. The van der Waals surface area contributed by atoms with E-state index in [-0.39, 0.29) is 5.41 Å². The van der Waals surface area contributed by atoms with Gasteiger partial charge in [0.25, 0.3) is 0 Å². The number of nitrogens with one attached hydrogen (secondary N) is 2. The minimum atomic E-state index is 0.265. The fourth-order valence-electron chi connectivity index (χ4n) is 1.15. The van der Waals surface area contributed by atoms with Gasteiger partial charge in [0, 0.05) is 6.54 Å². The van der Waals surface area contributed by atoms with E-state index in [2.05, 4.69) is 64.3 Å². The minimum Gasteiger partial charge on any atom is -0.369 e. The van der Waals surface area contributed by atoms with Gasteiger partial charge >= 0.3 is 0 Å². The Hall–Kier alpha value is -0.880. The molecule has 4 N–H and O–H groups in total. The molecule has 0 spiro atoms. The van der Waals surface area contributed by atoms with E-state index < -0.39 is 0 Å². The summed E-state index contributed by atoms with van der Waals surface area (Å²) in [6.07, 6.45) is 1.48. The van der Waals surface area contributed by atoms with Crippen LogP contribution in [-0.4, -0.2) is 16.5 Å². The maximum Gasteiger partial charge on any atom is 0.159 e. The number of nitrogens with two attached hydrogens (primary N) is 1. The van der Waals surface area contributed by atoms with Crippen molar-refractivity contribution in [2.75, 3.05) is 17.3 Å². The Bertz CT molecular complexity index is 375. The second-order valence-corrected chi connectivity index (χ2v) is 5.97. The maximum atomic E-state index is 5.35. The van der Waals surface area contributed by atoms with Crippen LogP contribution in [0.1, 0.15) is 27.7 Å². The second-order valence-electron chi connectivity index (χ2n) is 5.18. The molecule has 1 atom stereocenters. The third-order valence-electron chi connectivity index (χ3n) is 2.98. The zero-order valence-electron chi connectivity index (χ0n) is 10.7. The molecule has 0 aliphatic carbocycles. The van der Waals surface area contributed by atoms with Crippen LogP contribution in [0.2, 0.25) is 0 Å². The number of aromatic nitrogens is 2. The van der Waals surface area contributed by atoms with E-state index in [9.17, 15) is 0 Å². The van der Waals surface area contributed by atoms with Crippen molar-refractivity contribution in [3.8, 4) is 0 Å². The summed E-state index contributed by atoms with van der Waals surface area (Å²) in [5, 5.41) is 3.30. The fraction of sp³-hybridized carbons (Fsp3) is 0.636. The molecule has 17 heavy (non-hydrogen) atoms. The molecule has 0 fully saturated rings. The highest BCUT2D eigenvalue weighted by molar-refractivity contribution is 9.10. The summed E-state index contributed by atoms with van der Waals surface area (Å²) in [5.74, 6) is 7.20. The second kappa shape index (κ2) is 5.64. The highest BCUT2D eigenvalue weighted by Crippen LogP contribution is 2.28. The van der Waals surface area contributed by atoms with Crippen LogP contribution in [0.15, 0.2) is 10.8 Å². The summed E-state index contributed by atoms with van der Waals surface area (Å²) in [6.45, 7) is 9.73. The van der Waals surface area contributed by atoms with Gasteiger partial charge < -0.3 is 10.7 Å². The number of nitrogen functional groups attached to an aromatic ring is 1. The number of halogens is 1. The molecule has 1 unspecified atom stereocenters. The highest BCUT2D eigenvalue weighted by atomic mass is 79.9. The normalized spacial score (nSPS) is 13.3. The fourth-order valence-corrected chi connectivity index (χ4v) is 1.61. The molecule has 0 aliphatic heterocycles. The van der Waals surface area contributed by atoms with E-state index in [1.54, 1.807) is 0 Å². The van der Waals surface area contributed by atoms with Crippen molar-refractivity contribution in [2.24, 2.45) is 17.2 Å². The molecule has 0 radical (unpaired) electrons. The summed E-state index contributed by atoms with van der Waals surface area (Å²) < 4.78 is 0.753. The first-order valence-corrected chi connectivity index (χ1v) is 6.36. The molecule has 0 bridgehead atoms. The quantitative estimate of drug-likeness (QED) is 0.589. The lowest BCUT2D eigenvalue weighted by Gasteiger charge is -2.27. The number of hydrazine groups is 1. The Morgan fingerprint density at radius 1 is 1.35 bits per heavy atom. The standard InChI is InChI=1S/C11H20BrN5/c1-7(11(2,3)4)5-14-9-8(12)10(17-13)16-6-15-9/h6-7H,5,13H2,1-4H3,(H2,14,15,16,17). The van der Waals surface area contributed by atoms with Gasteiger partial charge in [0.05, 0.1) is 0 Å². The van der Waals surface area contributed by atoms with Crippen LogP contribution in [-0.2, 0) is 0 Å². The van der Waals surface area contributed by atoms with Gasteiger partial charge in [-0.3, -0.25) is 0 Å². The molecule has 5 nitrogen and oxygen atoms in total. The van der Waals surface area contributed by atoms with Crippen LogP contribution in [0.5, 0.6) is 0 Å². The van der Waals surface area contributed by atoms with Crippen molar-refractivity contribution < 1.29 is 0 Å². The van der Waals surface area contributed by atoms with Crippen molar-refractivity contribution in [3.63, 3.8) is 0 Å². The predicted octanol–water partition coefficient (Wildman–Crippen LogP) is 2.62. The summed E-state index contributed by atoms with van der Waals surface area (Å²) >= 11 is 3.41. The van der Waals surface area contributed by atoms with E-state index in [4.69, 9.17) is 5.84 Å². The lowest BCUT2D eigenvalue weighted by molar-refractivity contribution is 0.274. The zero-order valence-corrected chi connectivity index (χ0v) is 12.3. The van der Waals surface area contributed by atoms with E-state index in [0.717, 1.165) is 16.8 Å². The number of hydrogen-bond acceptors (Lipinski definition) is 5. The molecule has 96 valence electrons. The molecule has 1 aromatic heterocycles. The molecular weight excluding hydrogens is 282 g/mol. The molecule has 1 aromatic rings. The van der Waals surface area contributed by atoms with Crippen molar-refractivity contribution in [1.82, 2.24) is 9.97 Å². The summed E-state index contributed by atoms with van der Waals surface area (Å²) in [6, 6.07) is 0. The molecule has 0 aliphatic rings. The molecule has 0 aromatic carbocycles. The van der Waals surface area contributed by atoms with E-state index >= 15 is 0 Å². The number of nitrogens with zero attached hydrogens (tertiary/aromatic N) is 2. The third kappa shape index (κ3) is 3.81. The van der Waals surface area contributed by atoms with Crippen LogP contribution >= 0.6 is 15.9 Å². The highest BCUT2D eigenvalue weighted by Gasteiger charge is 2.20. The molecule has 0 saturated carbocycles. The van der Waals surface area contributed by atoms with Crippen LogP contribution < -0.4 is 16.6 Å². The lowest BCUT2D eigenvalue weighted by atomic mass is 9.82. The summed E-state index contributed by atoms with van der Waals surface area (Å²) in [4.78, 5) is 8.18. The Morgan fingerprint density at radius 2 is 1.94 bits per heavy atom. The van der Waals surface area contributed by atoms with Gasteiger partial charge in [0.15, 0.2) is 5.82 Å². The van der Waals surface area contributed by atoms with Crippen molar-refractivity contribution in [3.05, 3.63) is 10.8 Å². The number of rotatable bonds is 4. The molecule has 0 amide bonds. The number of anilines is 2. The number of hydrogen-bond donors (Lipinski definition) is 3. The third-order valence-corrected chi connectivity index (χ3v) is 3.73. The predicted molar refractivity (Wildman–Crippen MR) is 74.7 cm³/mol. The van der Waals surface area contributed by atoms with Crippen molar-refractivity contribution in [2.45, 2.75) is 27.7 Å². The summed E-state index contributed by atoms with van der Waals surface area (Å²) in [7, 11) is 0. The first-order valence-electron chi connectivity index (χ1n) is 5.57. The smallest absolute Gasteiger partial charge is 0.159 e. The Balaban J connectivity index is 2.70. The van der Waals surface area contributed by atoms with Crippen LogP contribution in [0.25, 0.3) is 0 Å².